The van der Waals surface area contributed by atoms with Crippen LogP contribution in [-0.4, -0.2) is 10.5 Å². The zero-order chi connectivity index (χ0) is 27.4. The molecule has 1 radical (unpaired) electrons. The third kappa shape index (κ3) is 4.58. The molecule has 193 valence electrons. The minimum atomic E-state index is -5.03. The first-order valence-corrected chi connectivity index (χ1v) is 11.5. The van der Waals surface area contributed by atoms with Gasteiger partial charge < -0.3 is 10.3 Å². The van der Waals surface area contributed by atoms with Crippen LogP contribution in [0.3, 0.4) is 0 Å². The quantitative estimate of drug-likeness (QED) is 0.228. The summed E-state index contributed by atoms with van der Waals surface area (Å²) < 4.78 is 82.8. The van der Waals surface area contributed by atoms with Gasteiger partial charge in [0.2, 0.25) is 5.91 Å². The highest BCUT2D eigenvalue weighted by Gasteiger charge is 2.38. The van der Waals surface area contributed by atoms with Crippen molar-refractivity contribution in [2.24, 2.45) is 5.73 Å². The summed E-state index contributed by atoms with van der Waals surface area (Å²) in [5, 5.41) is 1.34. The molecule has 0 saturated carbocycles. The molecule has 38 heavy (non-hydrogen) atoms. The highest BCUT2D eigenvalue weighted by Crippen LogP contribution is 2.40. The van der Waals surface area contributed by atoms with E-state index in [0.717, 1.165) is 11.6 Å². The molecule has 1 aromatic heterocycles. The van der Waals surface area contributed by atoms with Crippen molar-refractivity contribution in [1.82, 2.24) is 4.57 Å². The van der Waals surface area contributed by atoms with Crippen molar-refractivity contribution in [3.63, 3.8) is 0 Å². The van der Waals surface area contributed by atoms with Gasteiger partial charge in [-0.15, -0.1) is 0 Å². The van der Waals surface area contributed by atoms with Crippen molar-refractivity contribution >= 4 is 39.3 Å². The van der Waals surface area contributed by atoms with Crippen molar-refractivity contribution in [2.45, 2.75) is 18.9 Å². The standard InChI is InChI=1S/C28H16ClF6N2O/c29-19-9-5-15(6-10-19)16-7-11-20-24(12-16)37(23-3-1-2-21(25(20)23)26(36)38)14-17-4-8-18(27(30,31)32)13-22(17)28(33,34)35/h1-10,12-13H,14H2,(H2,36,38). The number of carbonyl (C=O) groups excluding carboxylic acids is 1. The predicted molar refractivity (Wildman–Crippen MR) is 133 cm³/mol. The molecule has 0 unspecified atom stereocenters. The van der Waals surface area contributed by atoms with Gasteiger partial charge in [0.1, 0.15) is 0 Å². The Hall–Kier alpha value is -3.98. The molecule has 2 N–H and O–H groups in total. The van der Waals surface area contributed by atoms with Gasteiger partial charge in [-0.2, -0.15) is 26.3 Å². The lowest BCUT2D eigenvalue weighted by Crippen LogP contribution is -2.15. The summed E-state index contributed by atoms with van der Waals surface area (Å²) in [5.74, 6) is -0.740. The molecule has 1 heterocycles. The van der Waals surface area contributed by atoms with E-state index in [2.05, 4.69) is 6.07 Å². The van der Waals surface area contributed by atoms with Crippen molar-refractivity contribution < 1.29 is 31.1 Å². The van der Waals surface area contributed by atoms with E-state index in [1.54, 1.807) is 42.5 Å². The normalized spacial score (nSPS) is 12.4. The van der Waals surface area contributed by atoms with E-state index in [1.165, 1.54) is 16.7 Å². The maximum absolute atomic E-state index is 13.9. The van der Waals surface area contributed by atoms with Gasteiger partial charge in [-0.1, -0.05) is 35.9 Å². The number of aromatic nitrogens is 1. The fraction of sp³-hybridized carbons (Fsp3) is 0.107. The van der Waals surface area contributed by atoms with Crippen LogP contribution in [-0.2, 0) is 18.9 Å². The molecule has 5 rings (SSSR count). The van der Waals surface area contributed by atoms with Gasteiger partial charge in [0.05, 0.1) is 22.2 Å². The van der Waals surface area contributed by atoms with Crippen LogP contribution in [0.2, 0.25) is 5.02 Å². The van der Waals surface area contributed by atoms with Crippen LogP contribution in [0.5, 0.6) is 0 Å². The zero-order valence-electron chi connectivity index (χ0n) is 19.2. The molecule has 1 amide bonds. The Morgan fingerprint density at radius 3 is 2.21 bits per heavy atom. The first-order valence-electron chi connectivity index (χ1n) is 11.1. The van der Waals surface area contributed by atoms with E-state index >= 15 is 0 Å². The second-order valence-electron chi connectivity index (χ2n) is 8.67. The fourth-order valence-corrected chi connectivity index (χ4v) is 4.69. The number of fused-ring (bicyclic) bond motifs is 3. The van der Waals surface area contributed by atoms with E-state index in [4.69, 9.17) is 17.3 Å². The van der Waals surface area contributed by atoms with Crippen molar-refractivity contribution in [3.8, 4) is 11.1 Å². The zero-order valence-corrected chi connectivity index (χ0v) is 20.0. The molecular weight excluding hydrogens is 530 g/mol. The molecule has 10 heteroatoms. The average Bonchev–Trinajstić information content (AvgIpc) is 3.16. The Bertz CT molecular complexity index is 1700. The molecule has 0 saturated heterocycles. The highest BCUT2D eigenvalue weighted by atomic mass is 35.5. The Kier molecular flexibility index (Phi) is 6.14. The molecule has 3 nitrogen and oxygen atoms in total. The maximum Gasteiger partial charge on any atom is 0.416 e. The summed E-state index contributed by atoms with van der Waals surface area (Å²) in [6, 6.07) is 19.6. The number of carbonyl (C=O) groups is 1. The molecule has 0 fully saturated rings. The first-order chi connectivity index (χ1) is 17.8. The summed E-state index contributed by atoms with van der Waals surface area (Å²) in [5.41, 5.74) is 4.79. The van der Waals surface area contributed by atoms with Crippen LogP contribution in [0, 0.1) is 6.07 Å². The van der Waals surface area contributed by atoms with Crippen LogP contribution in [0.25, 0.3) is 32.9 Å². The Balaban J connectivity index is 1.78. The molecular formula is C28H16ClF6N2O. The number of rotatable bonds is 4. The summed E-state index contributed by atoms with van der Waals surface area (Å²) in [7, 11) is 0. The van der Waals surface area contributed by atoms with Crippen LogP contribution in [0.15, 0.2) is 72.8 Å². The SMILES string of the molecule is NC(=O)c1cccc2c1c1[c]cc(-c3ccc(Cl)cc3)cc1n2Cc1ccc(C(F)(F)F)cc1C(F)(F)F. The third-order valence-corrected chi connectivity index (χ3v) is 6.56. The van der Waals surface area contributed by atoms with E-state index in [9.17, 15) is 31.1 Å². The van der Waals surface area contributed by atoms with Gasteiger partial charge in [-0.3, -0.25) is 4.79 Å². The highest BCUT2D eigenvalue weighted by molar-refractivity contribution is 6.30. The third-order valence-electron chi connectivity index (χ3n) is 6.31. The van der Waals surface area contributed by atoms with Crippen LogP contribution < -0.4 is 5.73 Å². The number of hydrogen-bond acceptors (Lipinski definition) is 1. The Morgan fingerprint density at radius 1 is 0.868 bits per heavy atom. The lowest BCUT2D eigenvalue weighted by molar-refractivity contribution is -0.143. The van der Waals surface area contributed by atoms with Crippen LogP contribution >= 0.6 is 11.6 Å². The van der Waals surface area contributed by atoms with E-state index < -0.39 is 35.9 Å². The maximum atomic E-state index is 13.9. The number of benzene rings is 4. The van der Waals surface area contributed by atoms with Gasteiger partial charge in [-0.05, 0) is 71.3 Å². The molecule has 0 aliphatic heterocycles. The van der Waals surface area contributed by atoms with E-state index in [0.29, 0.717) is 38.5 Å². The summed E-state index contributed by atoms with van der Waals surface area (Å²) in [6.07, 6.45) is -9.97. The minimum Gasteiger partial charge on any atom is -0.366 e. The van der Waals surface area contributed by atoms with E-state index in [1.807, 2.05) is 0 Å². The topological polar surface area (TPSA) is 48.0 Å². The first kappa shape index (κ1) is 25.7. The second-order valence-corrected chi connectivity index (χ2v) is 9.11. The molecule has 0 aliphatic carbocycles. The molecule has 0 bridgehead atoms. The smallest absolute Gasteiger partial charge is 0.366 e. The molecule has 4 aromatic carbocycles. The van der Waals surface area contributed by atoms with Gasteiger partial charge in [0.15, 0.2) is 0 Å². The average molecular weight is 546 g/mol. The minimum absolute atomic E-state index is 0.114. The lowest BCUT2D eigenvalue weighted by atomic mass is 10.0. The number of nitrogens with zero attached hydrogens (tertiary/aromatic N) is 1. The predicted octanol–water partition coefficient (Wildman–Crippen LogP) is 8.10. The second kappa shape index (κ2) is 9.09. The number of primary amides is 1. The van der Waals surface area contributed by atoms with Gasteiger partial charge in [0, 0.05) is 27.9 Å². The number of amides is 1. The van der Waals surface area contributed by atoms with Gasteiger partial charge in [-0.25, -0.2) is 0 Å². The fourth-order valence-electron chi connectivity index (χ4n) is 4.57. The Labute approximate surface area is 217 Å². The summed E-state index contributed by atoms with van der Waals surface area (Å²) >= 11 is 5.98. The molecule has 5 aromatic rings. The number of nitrogens with two attached hydrogens (primary N) is 1. The van der Waals surface area contributed by atoms with Crippen molar-refractivity contribution in [3.05, 3.63) is 106 Å². The van der Waals surface area contributed by atoms with E-state index in [-0.39, 0.29) is 17.2 Å². The monoisotopic (exact) mass is 545 g/mol. The summed E-state index contributed by atoms with van der Waals surface area (Å²) in [6.45, 7) is -0.424. The molecule has 0 atom stereocenters. The molecule has 0 spiro atoms. The number of hydrogen-bond donors (Lipinski definition) is 1. The lowest BCUT2D eigenvalue weighted by Gasteiger charge is -2.17. The van der Waals surface area contributed by atoms with Gasteiger partial charge in [0.25, 0.3) is 0 Å². The van der Waals surface area contributed by atoms with Gasteiger partial charge >= 0.3 is 12.4 Å². The largest absolute Gasteiger partial charge is 0.416 e. The van der Waals surface area contributed by atoms with Crippen molar-refractivity contribution in [2.75, 3.05) is 0 Å². The summed E-state index contributed by atoms with van der Waals surface area (Å²) in [4.78, 5) is 12.2. The number of alkyl halides is 6. The van der Waals surface area contributed by atoms with Crippen LogP contribution in [0.4, 0.5) is 26.3 Å². The molecule has 0 aliphatic rings. The van der Waals surface area contributed by atoms with Crippen molar-refractivity contribution in [1.29, 1.82) is 0 Å². The van der Waals surface area contributed by atoms with Crippen LogP contribution in [0.1, 0.15) is 27.0 Å². The Morgan fingerprint density at radius 2 is 1.58 bits per heavy atom. The number of halogens is 7.